The van der Waals surface area contributed by atoms with Crippen molar-refractivity contribution >= 4 is 43.6 Å². The molecule has 0 amide bonds. The summed E-state index contributed by atoms with van der Waals surface area (Å²) in [5, 5.41) is 4.71. The van der Waals surface area contributed by atoms with Crippen LogP contribution in [0.2, 0.25) is 0 Å². The summed E-state index contributed by atoms with van der Waals surface area (Å²) in [7, 11) is 0. The van der Waals surface area contributed by atoms with Crippen molar-refractivity contribution in [1.29, 1.82) is 0 Å². The lowest BCUT2D eigenvalue weighted by atomic mass is 9.43. The molecule has 298 valence electrons. The molecule has 6 aliphatic rings. The summed E-state index contributed by atoms with van der Waals surface area (Å²) in [4.78, 5) is 16.1. The van der Waals surface area contributed by atoms with Gasteiger partial charge in [0.25, 0.3) is 0 Å². The number of aromatic nitrogens is 5. The van der Waals surface area contributed by atoms with Crippen LogP contribution in [0.25, 0.3) is 78.0 Å². The Hall–Kier alpha value is -6.07. The van der Waals surface area contributed by atoms with E-state index in [0.29, 0.717) is 17.7 Å². The van der Waals surface area contributed by atoms with Crippen molar-refractivity contribution in [3.63, 3.8) is 0 Å². The highest BCUT2D eigenvalue weighted by atomic mass is 15.3. The van der Waals surface area contributed by atoms with Crippen molar-refractivity contribution in [2.24, 2.45) is 47.3 Å². The van der Waals surface area contributed by atoms with Crippen molar-refractivity contribution in [2.45, 2.75) is 57.3 Å². The Morgan fingerprint density at radius 1 is 0.459 bits per heavy atom. The van der Waals surface area contributed by atoms with Crippen LogP contribution in [0.3, 0.4) is 0 Å². The molecular formula is C56H49N5. The van der Waals surface area contributed by atoms with E-state index in [1.807, 2.05) is 0 Å². The van der Waals surface area contributed by atoms with Gasteiger partial charge >= 0.3 is 0 Å². The van der Waals surface area contributed by atoms with Gasteiger partial charge in [0.2, 0.25) is 11.9 Å². The second kappa shape index (κ2) is 12.7. The number of hydrogen-bond acceptors (Lipinski definition) is 3. The summed E-state index contributed by atoms with van der Waals surface area (Å²) >= 11 is 0. The fourth-order valence-electron chi connectivity index (χ4n) is 14.9. The summed E-state index contributed by atoms with van der Waals surface area (Å²) < 4.78 is 4.42. The van der Waals surface area contributed by atoms with Crippen molar-refractivity contribution < 1.29 is 0 Å². The lowest BCUT2D eigenvalue weighted by Crippen LogP contribution is -2.56. The lowest BCUT2D eigenvalue weighted by Gasteiger charge is -2.61. The van der Waals surface area contributed by atoms with Crippen molar-refractivity contribution in [3.05, 3.63) is 151 Å². The molecular weight excluding hydrogens is 743 g/mol. The minimum absolute atomic E-state index is 0.273. The van der Waals surface area contributed by atoms with Gasteiger partial charge in [-0.15, -0.1) is 0 Å². The first-order valence-electron chi connectivity index (χ1n) is 23.0. The minimum Gasteiger partial charge on any atom is -0.278 e. The molecule has 3 heterocycles. The van der Waals surface area contributed by atoms with E-state index in [1.54, 1.807) is 18.4 Å². The Morgan fingerprint density at radius 2 is 1.02 bits per heavy atom. The van der Waals surface area contributed by atoms with Gasteiger partial charge in [0, 0.05) is 27.1 Å². The summed E-state index contributed by atoms with van der Waals surface area (Å²) in [6.45, 7) is 2.71. The number of benzene rings is 6. The zero-order valence-electron chi connectivity index (χ0n) is 34.7. The standard InChI is InChI=1S/C56H49N5/c1-56(40-26-23-36-31-38-27-33-28-46(36)52(56)47(29-33)45(38)32-40)39-24-21-34(22-25-39)35-11-10-12-37(30-35)53-57-54(60-48-17-6-2-13-41(48)42-14-3-7-18-49(42)60)59-55(58-53)61-50-19-8-4-15-43(50)44-16-5-9-20-51(44)61/h2-22,24-25,30,33,36,38,40,45-47,52H,23,26-29,31-32H2,1H3. The number of nitrogens with zero attached hydrogens (tertiary/aromatic N) is 5. The number of rotatable bonds is 5. The van der Waals surface area contributed by atoms with E-state index in [1.165, 1.54) is 64.8 Å². The van der Waals surface area contributed by atoms with E-state index in [4.69, 9.17) is 15.0 Å². The van der Waals surface area contributed by atoms with Crippen LogP contribution in [0.1, 0.15) is 57.4 Å². The molecule has 9 atom stereocenters. The predicted molar refractivity (Wildman–Crippen MR) is 247 cm³/mol. The molecule has 6 aliphatic carbocycles. The topological polar surface area (TPSA) is 48.5 Å². The van der Waals surface area contributed by atoms with E-state index in [9.17, 15) is 0 Å². The van der Waals surface area contributed by atoms with Gasteiger partial charge < -0.3 is 0 Å². The van der Waals surface area contributed by atoms with Crippen LogP contribution in [0.15, 0.2) is 146 Å². The van der Waals surface area contributed by atoms with Crippen molar-refractivity contribution in [3.8, 4) is 34.4 Å². The van der Waals surface area contributed by atoms with Crippen molar-refractivity contribution in [2.75, 3.05) is 0 Å². The Morgan fingerprint density at radius 3 is 1.62 bits per heavy atom. The molecule has 6 fully saturated rings. The summed E-state index contributed by atoms with van der Waals surface area (Å²) in [6, 6.07) is 53.1. The molecule has 8 bridgehead atoms. The van der Waals surface area contributed by atoms with E-state index in [2.05, 4.69) is 162 Å². The maximum atomic E-state index is 5.36. The first-order valence-corrected chi connectivity index (χ1v) is 23.0. The third-order valence-corrected chi connectivity index (χ3v) is 17.3. The maximum absolute atomic E-state index is 5.36. The van der Waals surface area contributed by atoms with Crippen LogP contribution in [-0.4, -0.2) is 24.1 Å². The van der Waals surface area contributed by atoms with Crippen LogP contribution >= 0.6 is 0 Å². The molecule has 0 saturated heterocycles. The first-order chi connectivity index (χ1) is 30.1. The molecule has 0 radical (unpaired) electrons. The van der Waals surface area contributed by atoms with Gasteiger partial charge in [-0.2, -0.15) is 15.0 Å². The molecule has 0 spiro atoms. The first kappa shape index (κ1) is 34.6. The minimum atomic E-state index is 0.273. The maximum Gasteiger partial charge on any atom is 0.240 e. The molecule has 0 N–H and O–H groups in total. The fraction of sp³-hybridized carbons (Fsp3) is 0.304. The van der Waals surface area contributed by atoms with Crippen LogP contribution in [0.5, 0.6) is 0 Å². The molecule has 61 heavy (non-hydrogen) atoms. The monoisotopic (exact) mass is 791 g/mol. The zero-order valence-corrected chi connectivity index (χ0v) is 34.7. The highest BCUT2D eigenvalue weighted by molar-refractivity contribution is 6.10. The second-order valence-electron chi connectivity index (χ2n) is 19.8. The smallest absolute Gasteiger partial charge is 0.240 e. The molecule has 9 unspecified atom stereocenters. The molecule has 15 rings (SSSR count). The Bertz CT molecular complexity index is 2990. The largest absolute Gasteiger partial charge is 0.278 e. The predicted octanol–water partition coefficient (Wildman–Crippen LogP) is 13.4. The second-order valence-corrected chi connectivity index (χ2v) is 19.8. The highest BCUT2D eigenvalue weighted by Crippen LogP contribution is 2.71. The van der Waals surface area contributed by atoms with Crippen LogP contribution in [0.4, 0.5) is 0 Å². The highest BCUT2D eigenvalue weighted by Gasteiger charge is 2.64. The van der Waals surface area contributed by atoms with Crippen LogP contribution in [0, 0.1) is 47.3 Å². The zero-order chi connectivity index (χ0) is 40.0. The van der Waals surface area contributed by atoms with Crippen molar-refractivity contribution in [1.82, 2.24) is 24.1 Å². The van der Waals surface area contributed by atoms with E-state index >= 15 is 0 Å². The lowest BCUT2D eigenvalue weighted by molar-refractivity contribution is -0.0870. The van der Waals surface area contributed by atoms with E-state index in [-0.39, 0.29) is 5.41 Å². The van der Waals surface area contributed by atoms with Crippen LogP contribution < -0.4 is 0 Å². The normalized spacial score (nSPS) is 28.7. The van der Waals surface area contributed by atoms with Gasteiger partial charge in [0.15, 0.2) is 5.82 Å². The van der Waals surface area contributed by atoms with Gasteiger partial charge in [0.05, 0.1) is 22.1 Å². The molecule has 5 nitrogen and oxygen atoms in total. The van der Waals surface area contributed by atoms with Gasteiger partial charge in [-0.1, -0.05) is 122 Å². The Balaban J connectivity index is 0.906. The number of hydrogen-bond donors (Lipinski definition) is 0. The summed E-state index contributed by atoms with van der Waals surface area (Å²) in [6.07, 6.45) is 10.5. The summed E-state index contributed by atoms with van der Waals surface area (Å²) in [5.41, 5.74) is 9.56. The molecule has 6 saturated carbocycles. The molecule has 6 aromatic carbocycles. The third kappa shape index (κ3) is 4.86. The van der Waals surface area contributed by atoms with E-state index in [0.717, 1.165) is 75.0 Å². The van der Waals surface area contributed by atoms with Gasteiger partial charge in [-0.25, -0.2) is 0 Å². The average Bonchev–Trinajstić information content (AvgIpc) is 3.73. The van der Waals surface area contributed by atoms with Crippen LogP contribution in [-0.2, 0) is 5.41 Å². The fourth-order valence-corrected chi connectivity index (χ4v) is 14.9. The number of para-hydroxylation sites is 4. The molecule has 5 heteroatoms. The van der Waals surface area contributed by atoms with Gasteiger partial charge in [-0.05, 0) is 145 Å². The summed E-state index contributed by atoms with van der Waals surface area (Å²) in [5.74, 6) is 9.41. The third-order valence-electron chi connectivity index (χ3n) is 17.3. The quantitative estimate of drug-likeness (QED) is 0.174. The Kier molecular flexibility index (Phi) is 7.23. The van der Waals surface area contributed by atoms with Gasteiger partial charge in [-0.3, -0.25) is 9.13 Å². The Labute approximate surface area is 356 Å². The number of fused-ring (bicyclic) bond motifs is 7. The molecule has 3 aromatic heterocycles. The molecule has 9 aromatic rings. The average molecular weight is 792 g/mol. The molecule has 0 aliphatic heterocycles. The van der Waals surface area contributed by atoms with Gasteiger partial charge in [0.1, 0.15) is 0 Å². The van der Waals surface area contributed by atoms with E-state index < -0.39 is 0 Å². The SMILES string of the molecule is CC1(c2ccc(-c3cccc(-c4nc(-n5c6ccccc6c6ccccc65)nc(-n5c6ccccc6c6ccccc65)n4)c3)cc2)C2CCC3CC4CC5CC3C1C(C5)C4C2.